The van der Waals surface area contributed by atoms with Crippen molar-refractivity contribution >= 4 is 22.9 Å². The van der Waals surface area contributed by atoms with Crippen molar-refractivity contribution in [3.63, 3.8) is 0 Å². The number of piperazine rings is 1. The largest absolute Gasteiger partial charge is 0.508 e. The zero-order chi connectivity index (χ0) is 20.9. The molecule has 156 valence electrons. The third-order valence-electron chi connectivity index (χ3n) is 5.22. The summed E-state index contributed by atoms with van der Waals surface area (Å²) in [6, 6.07) is 15.0. The van der Waals surface area contributed by atoms with Crippen LogP contribution in [0.3, 0.4) is 0 Å². The fourth-order valence-electron chi connectivity index (χ4n) is 3.50. The number of aromatic hydroxyl groups is 1. The number of hydrogen-bond acceptors (Lipinski definition) is 6. The van der Waals surface area contributed by atoms with E-state index in [0.29, 0.717) is 5.69 Å². The second-order valence-corrected chi connectivity index (χ2v) is 8.55. The molecule has 0 aliphatic carbocycles. The normalized spacial score (nSPS) is 15.2. The zero-order valence-electron chi connectivity index (χ0n) is 17.0. The Hall–Kier alpha value is -2.74. The van der Waals surface area contributed by atoms with Gasteiger partial charge in [-0.1, -0.05) is 18.2 Å². The maximum Gasteiger partial charge on any atom is 0.230 e. The Bertz CT molecular complexity index is 994. The standard InChI is InChI=1S/C23H26N4O2S/c1-26-9-11-27(12-10-26)15-17-3-2-4-18(13-17)23-25-20(16-30-23)14-22(29)24-19-5-7-21(28)8-6-19/h2-8,13,16,28H,9-12,14-15H2,1H3,(H,24,29). The SMILES string of the molecule is CN1CCN(Cc2cccc(-c3nc(CC(=O)Nc4ccc(O)cc4)cs3)c2)CC1. The minimum atomic E-state index is -0.124. The molecule has 2 N–H and O–H groups in total. The summed E-state index contributed by atoms with van der Waals surface area (Å²) in [5.41, 5.74) is 3.80. The molecule has 30 heavy (non-hydrogen) atoms. The second kappa shape index (κ2) is 9.38. The number of carbonyl (C=O) groups is 1. The number of anilines is 1. The molecule has 1 aliphatic heterocycles. The molecule has 1 amide bonds. The molecular weight excluding hydrogens is 396 g/mol. The molecule has 0 unspecified atom stereocenters. The van der Waals surface area contributed by atoms with Gasteiger partial charge in [0.05, 0.1) is 12.1 Å². The summed E-state index contributed by atoms with van der Waals surface area (Å²) in [7, 11) is 2.17. The van der Waals surface area contributed by atoms with Gasteiger partial charge in [0.15, 0.2) is 0 Å². The van der Waals surface area contributed by atoms with Crippen molar-refractivity contribution < 1.29 is 9.90 Å². The smallest absolute Gasteiger partial charge is 0.230 e. The maximum absolute atomic E-state index is 12.3. The minimum absolute atomic E-state index is 0.124. The summed E-state index contributed by atoms with van der Waals surface area (Å²) in [6.45, 7) is 5.37. The number of rotatable bonds is 6. The first-order valence-corrected chi connectivity index (χ1v) is 11.0. The molecule has 3 aromatic rings. The number of thiazole rings is 1. The molecule has 0 saturated carbocycles. The Balaban J connectivity index is 1.37. The minimum Gasteiger partial charge on any atom is -0.508 e. The van der Waals surface area contributed by atoms with E-state index >= 15 is 0 Å². The van der Waals surface area contributed by atoms with E-state index < -0.39 is 0 Å². The molecule has 1 aliphatic rings. The van der Waals surface area contributed by atoms with Crippen molar-refractivity contribution in [2.75, 3.05) is 38.5 Å². The van der Waals surface area contributed by atoms with Crippen LogP contribution >= 0.6 is 11.3 Å². The fraction of sp³-hybridized carbons (Fsp3) is 0.304. The van der Waals surface area contributed by atoms with Crippen LogP contribution in [0.1, 0.15) is 11.3 Å². The molecule has 2 heterocycles. The highest BCUT2D eigenvalue weighted by Gasteiger charge is 2.15. The third-order valence-corrected chi connectivity index (χ3v) is 6.16. The van der Waals surface area contributed by atoms with E-state index in [9.17, 15) is 9.90 Å². The summed E-state index contributed by atoms with van der Waals surface area (Å²) >= 11 is 1.56. The highest BCUT2D eigenvalue weighted by molar-refractivity contribution is 7.13. The first kappa shape index (κ1) is 20.5. The predicted molar refractivity (Wildman–Crippen MR) is 121 cm³/mol. The number of amides is 1. The highest BCUT2D eigenvalue weighted by Crippen LogP contribution is 2.25. The van der Waals surface area contributed by atoms with Crippen LogP contribution in [-0.2, 0) is 17.8 Å². The fourth-order valence-corrected chi connectivity index (χ4v) is 4.32. The van der Waals surface area contributed by atoms with E-state index in [2.05, 4.69) is 51.4 Å². The molecule has 4 rings (SSSR count). The van der Waals surface area contributed by atoms with Crippen LogP contribution in [0.15, 0.2) is 53.9 Å². The van der Waals surface area contributed by atoms with Crippen LogP contribution < -0.4 is 5.32 Å². The molecule has 1 saturated heterocycles. The molecule has 1 fully saturated rings. The van der Waals surface area contributed by atoms with Gasteiger partial charge >= 0.3 is 0 Å². The number of carbonyl (C=O) groups excluding carboxylic acids is 1. The number of phenols is 1. The summed E-state index contributed by atoms with van der Waals surface area (Å²) in [6.07, 6.45) is 0.221. The van der Waals surface area contributed by atoms with E-state index in [1.807, 2.05) is 5.38 Å². The first-order valence-electron chi connectivity index (χ1n) is 10.1. The Morgan fingerprint density at radius 3 is 2.67 bits per heavy atom. The summed E-state index contributed by atoms with van der Waals surface area (Å²) in [4.78, 5) is 21.8. The molecule has 7 heteroatoms. The third kappa shape index (κ3) is 5.44. The lowest BCUT2D eigenvalue weighted by molar-refractivity contribution is -0.115. The molecule has 0 radical (unpaired) electrons. The molecule has 0 bridgehead atoms. The van der Waals surface area contributed by atoms with Crippen LogP contribution in [-0.4, -0.2) is 59.0 Å². The lowest BCUT2D eigenvalue weighted by Gasteiger charge is -2.32. The van der Waals surface area contributed by atoms with Gasteiger partial charge in [-0.15, -0.1) is 11.3 Å². The Kier molecular flexibility index (Phi) is 6.42. The topological polar surface area (TPSA) is 68.7 Å². The van der Waals surface area contributed by atoms with Gasteiger partial charge in [0.1, 0.15) is 10.8 Å². The molecule has 0 spiro atoms. The quantitative estimate of drug-likeness (QED) is 0.596. The van der Waals surface area contributed by atoms with Crippen molar-refractivity contribution in [1.29, 1.82) is 0 Å². The molecule has 1 aromatic heterocycles. The van der Waals surface area contributed by atoms with Gasteiger partial charge in [0, 0.05) is 49.4 Å². The van der Waals surface area contributed by atoms with Gasteiger partial charge < -0.3 is 15.3 Å². The number of aromatic nitrogens is 1. The van der Waals surface area contributed by atoms with E-state index in [1.54, 1.807) is 35.6 Å². The Morgan fingerprint density at radius 1 is 1.13 bits per heavy atom. The van der Waals surface area contributed by atoms with E-state index in [0.717, 1.165) is 49.0 Å². The van der Waals surface area contributed by atoms with Gasteiger partial charge in [0.25, 0.3) is 0 Å². The predicted octanol–water partition coefficient (Wildman–Crippen LogP) is 3.44. The molecule has 6 nitrogen and oxygen atoms in total. The van der Waals surface area contributed by atoms with Crippen LogP contribution in [0.2, 0.25) is 0 Å². The van der Waals surface area contributed by atoms with Gasteiger partial charge in [-0.25, -0.2) is 4.98 Å². The van der Waals surface area contributed by atoms with Crippen LogP contribution in [0.5, 0.6) is 5.75 Å². The first-order chi connectivity index (χ1) is 14.5. The van der Waals surface area contributed by atoms with Crippen LogP contribution in [0.25, 0.3) is 10.6 Å². The summed E-state index contributed by atoms with van der Waals surface area (Å²) in [5, 5.41) is 15.0. The molecular formula is C23H26N4O2S. The second-order valence-electron chi connectivity index (χ2n) is 7.70. The van der Waals surface area contributed by atoms with Crippen molar-refractivity contribution in [2.45, 2.75) is 13.0 Å². The van der Waals surface area contributed by atoms with E-state index in [4.69, 9.17) is 0 Å². The van der Waals surface area contributed by atoms with Crippen molar-refractivity contribution in [2.24, 2.45) is 0 Å². The van der Waals surface area contributed by atoms with E-state index in [1.165, 1.54) is 5.56 Å². The molecule has 0 atom stereocenters. The lowest BCUT2D eigenvalue weighted by atomic mass is 10.1. The number of benzene rings is 2. The van der Waals surface area contributed by atoms with Crippen LogP contribution in [0, 0.1) is 0 Å². The molecule has 2 aromatic carbocycles. The van der Waals surface area contributed by atoms with Gasteiger partial charge in [-0.05, 0) is 42.9 Å². The summed E-state index contributed by atoms with van der Waals surface area (Å²) < 4.78 is 0. The number of nitrogens with zero attached hydrogens (tertiary/aromatic N) is 3. The summed E-state index contributed by atoms with van der Waals surface area (Å²) in [5.74, 6) is 0.0494. The van der Waals surface area contributed by atoms with Gasteiger partial charge in [-0.3, -0.25) is 9.69 Å². The van der Waals surface area contributed by atoms with Crippen molar-refractivity contribution in [1.82, 2.24) is 14.8 Å². The van der Waals surface area contributed by atoms with Crippen molar-refractivity contribution in [3.05, 3.63) is 65.2 Å². The number of likely N-dealkylation sites (N-methyl/N-ethyl adjacent to an activating group) is 1. The van der Waals surface area contributed by atoms with Crippen LogP contribution in [0.4, 0.5) is 5.69 Å². The number of nitrogens with one attached hydrogen (secondary N) is 1. The van der Waals surface area contributed by atoms with Crippen molar-refractivity contribution in [3.8, 4) is 16.3 Å². The zero-order valence-corrected chi connectivity index (χ0v) is 17.9. The lowest BCUT2D eigenvalue weighted by Crippen LogP contribution is -2.43. The monoisotopic (exact) mass is 422 g/mol. The Labute approximate surface area is 180 Å². The van der Waals surface area contributed by atoms with E-state index in [-0.39, 0.29) is 18.1 Å². The number of phenolic OH excluding ortho intramolecular Hbond substituents is 1. The average Bonchev–Trinajstić information content (AvgIpc) is 3.20. The number of hydrogen-bond donors (Lipinski definition) is 2. The Morgan fingerprint density at radius 2 is 1.90 bits per heavy atom. The maximum atomic E-state index is 12.3. The highest BCUT2D eigenvalue weighted by atomic mass is 32.1. The van der Waals surface area contributed by atoms with Gasteiger partial charge in [-0.2, -0.15) is 0 Å². The average molecular weight is 423 g/mol. The van der Waals surface area contributed by atoms with Gasteiger partial charge in [0.2, 0.25) is 5.91 Å².